The molecule has 0 spiro atoms. The Morgan fingerprint density at radius 2 is 2.08 bits per heavy atom. The second kappa shape index (κ2) is 8.18. The van der Waals surface area contributed by atoms with Gasteiger partial charge in [0.05, 0.1) is 11.5 Å². The number of fused-ring (bicyclic) bond motifs is 1. The minimum Gasteiger partial charge on any atom is -0.480 e. The molecule has 1 atom stereocenters. The van der Waals surface area contributed by atoms with E-state index in [-0.39, 0.29) is 24.5 Å². The van der Waals surface area contributed by atoms with Crippen LogP contribution in [0, 0.1) is 5.82 Å². The normalized spacial score (nSPS) is 12.3. The summed E-state index contributed by atoms with van der Waals surface area (Å²) in [6, 6.07) is 3.50. The average molecular weight is 355 g/mol. The Kier molecular flexibility index (Phi) is 6.24. The molecule has 1 aromatic heterocycles. The summed E-state index contributed by atoms with van der Waals surface area (Å²) in [6.07, 6.45) is 0.135. The summed E-state index contributed by atoms with van der Waals surface area (Å²) >= 11 is 1.11. The van der Waals surface area contributed by atoms with Gasteiger partial charge in [0, 0.05) is 42.9 Å². The van der Waals surface area contributed by atoms with Gasteiger partial charge in [-0.25, -0.2) is 9.18 Å². The monoisotopic (exact) mass is 355 g/mol. The summed E-state index contributed by atoms with van der Waals surface area (Å²) in [7, 11) is 2.90. The Morgan fingerprint density at radius 1 is 1.33 bits per heavy atom. The topological polar surface area (TPSA) is 84.9 Å². The number of hydrogen-bond acceptors (Lipinski definition) is 5. The van der Waals surface area contributed by atoms with Gasteiger partial charge in [0.1, 0.15) is 11.9 Å². The fourth-order valence-electron chi connectivity index (χ4n) is 2.35. The Hall–Kier alpha value is -2.03. The molecule has 130 valence electrons. The molecule has 0 saturated heterocycles. The minimum atomic E-state index is -1.15. The molecule has 8 heteroatoms. The Morgan fingerprint density at radius 3 is 2.71 bits per heavy atom. The maximum atomic E-state index is 14.1. The second-order valence-corrected chi connectivity index (χ2v) is 6.15. The molecule has 2 rings (SSSR count). The molecular formula is C16H18FNO5S. The highest BCUT2D eigenvalue weighted by atomic mass is 32.1. The molecule has 24 heavy (non-hydrogen) atoms. The van der Waals surface area contributed by atoms with E-state index in [9.17, 15) is 19.1 Å². The van der Waals surface area contributed by atoms with E-state index in [2.05, 4.69) is 5.32 Å². The predicted molar refractivity (Wildman–Crippen MR) is 87.9 cm³/mol. The third-order valence-electron chi connectivity index (χ3n) is 3.47. The van der Waals surface area contributed by atoms with Crippen LogP contribution >= 0.6 is 11.3 Å². The van der Waals surface area contributed by atoms with Crippen LogP contribution in [-0.4, -0.2) is 43.9 Å². The van der Waals surface area contributed by atoms with Crippen molar-refractivity contribution < 1.29 is 28.6 Å². The molecule has 2 N–H and O–H groups in total. The Labute approximate surface area is 142 Å². The summed E-state index contributed by atoms with van der Waals surface area (Å²) in [5.41, 5.74) is 0.420. The van der Waals surface area contributed by atoms with Crippen molar-refractivity contribution in [3.05, 3.63) is 34.5 Å². The molecule has 0 aliphatic rings. The molecule has 0 aliphatic heterocycles. The van der Waals surface area contributed by atoms with Crippen LogP contribution in [-0.2, 0) is 20.9 Å². The first kappa shape index (κ1) is 18.3. The van der Waals surface area contributed by atoms with Crippen LogP contribution < -0.4 is 5.32 Å². The van der Waals surface area contributed by atoms with Crippen LogP contribution in [0.4, 0.5) is 4.39 Å². The van der Waals surface area contributed by atoms with E-state index in [1.165, 1.54) is 20.3 Å². The summed E-state index contributed by atoms with van der Waals surface area (Å²) in [5, 5.41) is 12.0. The molecular weight excluding hydrogens is 337 g/mol. The third-order valence-corrected chi connectivity index (χ3v) is 4.67. The maximum absolute atomic E-state index is 14.1. The Bertz CT molecular complexity index is 745. The average Bonchev–Trinajstić information content (AvgIpc) is 2.91. The Balaban J connectivity index is 2.36. The van der Waals surface area contributed by atoms with Crippen LogP contribution in [0.2, 0.25) is 0 Å². The van der Waals surface area contributed by atoms with Crippen LogP contribution in [0.5, 0.6) is 0 Å². The van der Waals surface area contributed by atoms with Gasteiger partial charge in [-0.05, 0) is 12.1 Å². The van der Waals surface area contributed by atoms with Crippen molar-refractivity contribution in [1.29, 1.82) is 0 Å². The summed E-state index contributed by atoms with van der Waals surface area (Å²) in [6.45, 7) is 0.253. The molecule has 2 aromatic rings. The van der Waals surface area contributed by atoms with Crippen molar-refractivity contribution in [1.82, 2.24) is 5.32 Å². The second-order valence-electron chi connectivity index (χ2n) is 5.10. The zero-order chi connectivity index (χ0) is 17.7. The lowest BCUT2D eigenvalue weighted by molar-refractivity contribution is -0.139. The standard InChI is InChI=1S/C16H18FNO5S/c1-22-7-6-11(16(20)21)18-15(19)14-9(8-23-2)13-10(17)4-3-5-12(13)24-14/h3-5,11H,6-8H2,1-2H3,(H,18,19)(H,20,21). The van der Waals surface area contributed by atoms with Gasteiger partial charge >= 0.3 is 5.97 Å². The van der Waals surface area contributed by atoms with Gasteiger partial charge in [0.2, 0.25) is 0 Å². The zero-order valence-corrected chi connectivity index (χ0v) is 14.1. The molecule has 1 amide bonds. The van der Waals surface area contributed by atoms with Gasteiger partial charge in [-0.1, -0.05) is 6.07 Å². The van der Waals surface area contributed by atoms with E-state index in [0.717, 1.165) is 11.3 Å². The number of thiophene rings is 1. The van der Waals surface area contributed by atoms with Crippen LogP contribution in [0.25, 0.3) is 10.1 Å². The number of aliphatic carboxylic acids is 1. The number of carbonyl (C=O) groups excluding carboxylic acids is 1. The number of rotatable bonds is 8. The minimum absolute atomic E-state index is 0.0551. The lowest BCUT2D eigenvalue weighted by Crippen LogP contribution is -2.41. The number of amides is 1. The summed E-state index contributed by atoms with van der Waals surface area (Å²) in [5.74, 6) is -2.16. The summed E-state index contributed by atoms with van der Waals surface area (Å²) < 4.78 is 24.7. The van der Waals surface area contributed by atoms with E-state index in [4.69, 9.17) is 9.47 Å². The third kappa shape index (κ3) is 3.89. The molecule has 0 aliphatic carbocycles. The van der Waals surface area contributed by atoms with Gasteiger partial charge in [0.25, 0.3) is 5.91 Å². The predicted octanol–water partition coefficient (Wildman–Crippen LogP) is 2.41. The number of hydrogen-bond donors (Lipinski definition) is 2. The fourth-order valence-corrected chi connectivity index (χ4v) is 3.47. The van der Waals surface area contributed by atoms with Gasteiger partial charge in [-0.3, -0.25) is 4.79 Å². The number of carboxylic acid groups (broad SMARTS) is 1. The molecule has 0 saturated carbocycles. The number of nitrogens with one attached hydrogen (secondary N) is 1. The van der Waals surface area contributed by atoms with Crippen molar-refractivity contribution in [3.63, 3.8) is 0 Å². The van der Waals surface area contributed by atoms with Crippen molar-refractivity contribution in [2.45, 2.75) is 19.1 Å². The van der Waals surface area contributed by atoms with Crippen molar-refractivity contribution >= 4 is 33.3 Å². The van der Waals surface area contributed by atoms with E-state index in [0.29, 0.717) is 15.6 Å². The largest absolute Gasteiger partial charge is 0.480 e. The molecule has 6 nitrogen and oxygen atoms in total. The summed E-state index contributed by atoms with van der Waals surface area (Å²) in [4.78, 5) is 24.0. The van der Waals surface area contributed by atoms with Crippen molar-refractivity contribution in [2.24, 2.45) is 0 Å². The molecule has 0 fully saturated rings. The van der Waals surface area contributed by atoms with Crippen molar-refractivity contribution in [2.75, 3.05) is 20.8 Å². The van der Waals surface area contributed by atoms with E-state index < -0.39 is 23.7 Å². The van der Waals surface area contributed by atoms with Crippen LogP contribution in [0.3, 0.4) is 0 Å². The first-order valence-corrected chi connectivity index (χ1v) is 8.02. The van der Waals surface area contributed by atoms with Gasteiger partial charge in [0.15, 0.2) is 0 Å². The van der Waals surface area contributed by atoms with Gasteiger partial charge in [-0.2, -0.15) is 0 Å². The number of ether oxygens (including phenoxy) is 2. The van der Waals surface area contributed by atoms with Crippen molar-refractivity contribution in [3.8, 4) is 0 Å². The highest BCUT2D eigenvalue weighted by Gasteiger charge is 2.25. The molecule has 0 radical (unpaired) electrons. The molecule has 1 heterocycles. The number of methoxy groups -OCH3 is 2. The molecule has 0 bridgehead atoms. The maximum Gasteiger partial charge on any atom is 0.326 e. The smallest absolute Gasteiger partial charge is 0.326 e. The SMILES string of the molecule is COCCC(NC(=O)c1sc2cccc(F)c2c1COC)C(=O)O. The number of benzene rings is 1. The van der Waals surface area contributed by atoms with E-state index in [1.54, 1.807) is 12.1 Å². The first-order valence-electron chi connectivity index (χ1n) is 7.21. The van der Waals surface area contributed by atoms with Gasteiger partial charge in [-0.15, -0.1) is 11.3 Å². The highest BCUT2D eigenvalue weighted by Crippen LogP contribution is 2.33. The lowest BCUT2D eigenvalue weighted by atomic mass is 10.1. The molecule has 1 aromatic carbocycles. The van der Waals surface area contributed by atoms with E-state index >= 15 is 0 Å². The van der Waals surface area contributed by atoms with Gasteiger partial charge < -0.3 is 19.9 Å². The molecule has 1 unspecified atom stereocenters. The number of carboxylic acids is 1. The van der Waals surface area contributed by atoms with E-state index in [1.807, 2.05) is 0 Å². The zero-order valence-electron chi connectivity index (χ0n) is 13.3. The lowest BCUT2D eigenvalue weighted by Gasteiger charge is -2.14. The number of halogens is 1. The highest BCUT2D eigenvalue weighted by molar-refractivity contribution is 7.21. The van der Waals surface area contributed by atoms with Crippen LogP contribution in [0.15, 0.2) is 18.2 Å². The van der Waals surface area contributed by atoms with Crippen LogP contribution in [0.1, 0.15) is 21.7 Å². The first-order chi connectivity index (χ1) is 11.5. The number of carbonyl (C=O) groups is 2. The quantitative estimate of drug-likeness (QED) is 0.760. The fraction of sp³-hybridized carbons (Fsp3) is 0.375.